The van der Waals surface area contributed by atoms with Gasteiger partial charge in [0.05, 0.1) is 13.3 Å². The molecule has 1 N–H and O–H groups in total. The molecule has 0 unspecified atom stereocenters. The van der Waals surface area contributed by atoms with Crippen molar-refractivity contribution in [1.82, 2.24) is 10.2 Å². The van der Waals surface area contributed by atoms with Crippen LogP contribution in [0.25, 0.3) is 0 Å². The molecule has 0 fully saturated rings. The van der Waals surface area contributed by atoms with E-state index in [1.165, 1.54) is 5.56 Å². The predicted molar refractivity (Wildman–Crippen MR) is 86.3 cm³/mol. The Morgan fingerprint density at radius 1 is 1.40 bits per heavy atom. The van der Waals surface area contributed by atoms with E-state index in [4.69, 9.17) is 16.3 Å². The molecule has 0 aliphatic carbocycles. The Morgan fingerprint density at radius 3 is 2.85 bits per heavy atom. The maximum absolute atomic E-state index is 5.87. The average molecular weight is 314 g/mol. The molecule has 2 rings (SSSR count). The Kier molecular flexibility index (Phi) is 6.66. The van der Waals surface area contributed by atoms with Crippen molar-refractivity contribution in [3.05, 3.63) is 34.9 Å². The molecule has 1 aliphatic rings. The first kappa shape index (κ1) is 15.6. The van der Waals surface area contributed by atoms with Gasteiger partial charge in [0.2, 0.25) is 0 Å². The summed E-state index contributed by atoms with van der Waals surface area (Å²) in [4.78, 5) is 6.82. The summed E-state index contributed by atoms with van der Waals surface area (Å²) in [5.41, 5.74) is 1.26. The molecule has 0 amide bonds. The number of halogens is 1. The highest BCUT2D eigenvalue weighted by Crippen LogP contribution is 2.17. The minimum atomic E-state index is 0.764. The zero-order valence-electron chi connectivity index (χ0n) is 11.6. The number of amidine groups is 1. The summed E-state index contributed by atoms with van der Waals surface area (Å²) in [5.74, 6) is 0.909. The van der Waals surface area contributed by atoms with Gasteiger partial charge in [-0.05, 0) is 24.1 Å². The molecule has 0 atom stereocenters. The second kappa shape index (κ2) is 8.52. The van der Waals surface area contributed by atoms with Crippen molar-refractivity contribution in [2.75, 3.05) is 33.6 Å². The van der Waals surface area contributed by atoms with Crippen LogP contribution < -0.4 is 5.32 Å². The van der Waals surface area contributed by atoms with Crippen molar-refractivity contribution in [1.29, 1.82) is 0 Å². The quantitative estimate of drug-likeness (QED) is 0.819. The van der Waals surface area contributed by atoms with E-state index in [0.717, 1.165) is 48.9 Å². The second-order valence-electron chi connectivity index (χ2n) is 4.60. The molecule has 0 bridgehead atoms. The van der Waals surface area contributed by atoms with Crippen molar-refractivity contribution in [2.24, 2.45) is 4.99 Å². The third-order valence-electron chi connectivity index (χ3n) is 2.98. The smallest absolute Gasteiger partial charge is 0.159 e. The van der Waals surface area contributed by atoms with Gasteiger partial charge in [0.1, 0.15) is 0 Å². The Morgan fingerprint density at radius 2 is 2.20 bits per heavy atom. The lowest BCUT2D eigenvalue weighted by atomic mass is 10.2. The van der Waals surface area contributed by atoms with E-state index in [0.29, 0.717) is 0 Å². The number of ether oxygens (including phenoxy) is 1. The van der Waals surface area contributed by atoms with Gasteiger partial charge in [-0.15, -0.1) is 0 Å². The highest BCUT2D eigenvalue weighted by Gasteiger charge is 2.11. The minimum Gasteiger partial charge on any atom is -0.385 e. The molecule has 4 nitrogen and oxygen atoms in total. The Hall–Kier alpha value is -0.750. The molecule has 20 heavy (non-hydrogen) atoms. The van der Waals surface area contributed by atoms with Gasteiger partial charge in [-0.3, -0.25) is 4.90 Å². The third kappa shape index (κ3) is 5.32. The average Bonchev–Trinajstić information content (AvgIpc) is 2.48. The van der Waals surface area contributed by atoms with Crippen LogP contribution in [0.4, 0.5) is 0 Å². The van der Waals surface area contributed by atoms with Gasteiger partial charge in [0.15, 0.2) is 5.17 Å². The zero-order valence-corrected chi connectivity index (χ0v) is 13.2. The van der Waals surface area contributed by atoms with E-state index in [1.807, 2.05) is 12.1 Å². The molecule has 110 valence electrons. The van der Waals surface area contributed by atoms with Crippen LogP contribution in [-0.2, 0) is 10.5 Å². The van der Waals surface area contributed by atoms with Crippen LogP contribution in [0.3, 0.4) is 0 Å². The molecular formula is C14H20ClN3OS. The topological polar surface area (TPSA) is 36.9 Å². The number of thioether (sulfide) groups is 1. The minimum absolute atomic E-state index is 0.764. The molecule has 1 aliphatic heterocycles. The van der Waals surface area contributed by atoms with Crippen LogP contribution in [0, 0.1) is 0 Å². The number of hydrogen-bond acceptors (Lipinski definition) is 5. The Labute approximate surface area is 129 Å². The van der Waals surface area contributed by atoms with Gasteiger partial charge < -0.3 is 10.1 Å². The summed E-state index contributed by atoms with van der Waals surface area (Å²) in [6.45, 7) is 3.44. The normalized spacial score (nSPS) is 15.8. The zero-order chi connectivity index (χ0) is 14.2. The summed E-state index contributed by atoms with van der Waals surface area (Å²) in [7, 11) is 1.73. The number of rotatable bonds is 6. The number of hydrogen-bond donors (Lipinski definition) is 1. The molecule has 1 heterocycles. The molecule has 0 radical (unpaired) electrons. The first-order valence-corrected chi connectivity index (χ1v) is 8.01. The molecule has 0 spiro atoms. The first-order valence-electron chi connectivity index (χ1n) is 6.65. The van der Waals surface area contributed by atoms with Crippen LogP contribution in [0.1, 0.15) is 12.0 Å². The number of aliphatic imine (C=N–C) groups is 1. The van der Waals surface area contributed by atoms with Gasteiger partial charge in [0.25, 0.3) is 0 Å². The van der Waals surface area contributed by atoms with E-state index in [1.54, 1.807) is 18.9 Å². The fraction of sp³-hybridized carbons (Fsp3) is 0.500. The lowest BCUT2D eigenvalue weighted by Crippen LogP contribution is -2.42. The summed E-state index contributed by atoms with van der Waals surface area (Å²) < 4.78 is 5.05. The number of nitrogens with zero attached hydrogens (tertiary/aromatic N) is 2. The lowest BCUT2D eigenvalue weighted by Gasteiger charge is -2.26. The Balaban J connectivity index is 1.71. The number of nitrogens with one attached hydrogen (secondary N) is 1. The summed E-state index contributed by atoms with van der Waals surface area (Å²) in [6.07, 6.45) is 1.04. The molecule has 0 saturated carbocycles. The van der Waals surface area contributed by atoms with Crippen molar-refractivity contribution < 1.29 is 4.74 Å². The molecule has 0 saturated heterocycles. The van der Waals surface area contributed by atoms with Crippen LogP contribution in [0.15, 0.2) is 29.3 Å². The third-order valence-corrected chi connectivity index (χ3v) is 4.26. The van der Waals surface area contributed by atoms with Crippen LogP contribution in [-0.4, -0.2) is 43.7 Å². The maximum Gasteiger partial charge on any atom is 0.159 e. The summed E-state index contributed by atoms with van der Waals surface area (Å²) >= 11 is 7.60. The van der Waals surface area contributed by atoms with Crippen molar-refractivity contribution in [3.63, 3.8) is 0 Å². The number of methoxy groups -OCH3 is 1. The molecular weight excluding hydrogens is 294 g/mol. The summed E-state index contributed by atoms with van der Waals surface area (Å²) in [6, 6.07) is 7.95. The Bertz CT molecular complexity index is 439. The monoisotopic (exact) mass is 313 g/mol. The number of benzene rings is 1. The van der Waals surface area contributed by atoms with Crippen molar-refractivity contribution in [2.45, 2.75) is 12.2 Å². The summed E-state index contributed by atoms with van der Waals surface area (Å²) in [5, 5.41) is 5.14. The fourth-order valence-corrected chi connectivity index (χ4v) is 2.80. The predicted octanol–water partition coefficient (Wildman–Crippen LogP) is 2.79. The van der Waals surface area contributed by atoms with Crippen molar-refractivity contribution >= 4 is 28.5 Å². The molecule has 1 aromatic rings. The van der Waals surface area contributed by atoms with E-state index in [2.05, 4.69) is 27.3 Å². The fourth-order valence-electron chi connectivity index (χ4n) is 1.86. The van der Waals surface area contributed by atoms with Crippen molar-refractivity contribution in [3.8, 4) is 0 Å². The standard InChI is InChI=1S/C14H20ClN3OS/c1-19-8-2-7-18-10-16-14(17-11-18)20-9-12-3-5-13(15)6-4-12/h3-6H,2,7-11H2,1H3,(H,16,17). The second-order valence-corrected chi connectivity index (χ2v) is 6.00. The van der Waals surface area contributed by atoms with E-state index < -0.39 is 0 Å². The van der Waals surface area contributed by atoms with E-state index in [-0.39, 0.29) is 0 Å². The molecule has 6 heteroatoms. The molecule has 1 aromatic carbocycles. The van der Waals surface area contributed by atoms with Gasteiger partial charge in [0, 0.05) is 31.0 Å². The molecule has 0 aromatic heterocycles. The van der Waals surface area contributed by atoms with Gasteiger partial charge in [-0.1, -0.05) is 35.5 Å². The largest absolute Gasteiger partial charge is 0.385 e. The van der Waals surface area contributed by atoms with Crippen LogP contribution in [0.2, 0.25) is 5.02 Å². The van der Waals surface area contributed by atoms with E-state index >= 15 is 0 Å². The van der Waals surface area contributed by atoms with Gasteiger partial charge in [-0.2, -0.15) is 0 Å². The van der Waals surface area contributed by atoms with Gasteiger partial charge >= 0.3 is 0 Å². The highest BCUT2D eigenvalue weighted by atomic mass is 35.5. The van der Waals surface area contributed by atoms with Crippen LogP contribution >= 0.6 is 23.4 Å². The van der Waals surface area contributed by atoms with E-state index in [9.17, 15) is 0 Å². The highest BCUT2D eigenvalue weighted by molar-refractivity contribution is 8.13. The first-order chi connectivity index (χ1) is 9.78. The van der Waals surface area contributed by atoms with Gasteiger partial charge in [-0.25, -0.2) is 4.99 Å². The maximum atomic E-state index is 5.87. The van der Waals surface area contributed by atoms with Crippen LogP contribution in [0.5, 0.6) is 0 Å². The SMILES string of the molecule is COCCCN1CN=C(SCc2ccc(Cl)cc2)NC1. The lowest BCUT2D eigenvalue weighted by molar-refractivity contribution is 0.170.